The molecule has 1 unspecified atom stereocenters. The fourth-order valence-corrected chi connectivity index (χ4v) is 2.10. The molecule has 0 aromatic heterocycles. The Morgan fingerprint density at radius 3 is 3.00 bits per heavy atom. The van der Waals surface area contributed by atoms with Crippen LogP contribution in [-0.4, -0.2) is 25.3 Å². The van der Waals surface area contributed by atoms with Gasteiger partial charge in [0, 0.05) is 6.07 Å². The molecule has 88 valence electrons. The van der Waals surface area contributed by atoms with Crippen LogP contribution in [0.5, 0.6) is 11.5 Å². The number of nitrogens with one attached hydrogen (secondary N) is 1. The van der Waals surface area contributed by atoms with Crippen LogP contribution in [0.4, 0.5) is 4.39 Å². The molecule has 0 spiro atoms. The van der Waals surface area contributed by atoms with E-state index in [0.29, 0.717) is 17.9 Å². The van der Waals surface area contributed by atoms with Crippen LogP contribution in [0, 0.1) is 11.7 Å². The van der Waals surface area contributed by atoms with Gasteiger partial charge in [0.05, 0.1) is 7.11 Å². The summed E-state index contributed by atoms with van der Waals surface area (Å²) in [4.78, 5) is 0. The van der Waals surface area contributed by atoms with Gasteiger partial charge in [0.25, 0.3) is 0 Å². The molecule has 1 heterocycles. The summed E-state index contributed by atoms with van der Waals surface area (Å²) in [7, 11) is 1.39. The number of ether oxygens (including phenoxy) is 1. The minimum Gasteiger partial charge on any atom is -0.508 e. The van der Waals surface area contributed by atoms with Crippen LogP contribution >= 0.6 is 0 Å². The van der Waals surface area contributed by atoms with Crippen LogP contribution in [0.1, 0.15) is 12.0 Å². The molecule has 16 heavy (non-hydrogen) atoms. The number of hydrogen-bond acceptors (Lipinski definition) is 3. The predicted octanol–water partition coefficient (Wildman–Crippen LogP) is 1.69. The van der Waals surface area contributed by atoms with E-state index in [1.54, 1.807) is 0 Å². The first-order chi connectivity index (χ1) is 7.70. The van der Waals surface area contributed by atoms with E-state index in [0.717, 1.165) is 19.5 Å². The summed E-state index contributed by atoms with van der Waals surface area (Å²) in [5, 5.41) is 13.0. The molecule has 1 fully saturated rings. The minimum absolute atomic E-state index is 0.0887. The molecule has 2 N–H and O–H groups in total. The van der Waals surface area contributed by atoms with Crippen LogP contribution in [0.15, 0.2) is 12.1 Å². The lowest BCUT2D eigenvalue weighted by Gasteiger charge is -2.11. The summed E-state index contributed by atoms with van der Waals surface area (Å²) in [6, 6.07) is 2.71. The van der Waals surface area contributed by atoms with E-state index in [4.69, 9.17) is 4.74 Å². The second-order valence-corrected chi connectivity index (χ2v) is 4.18. The van der Waals surface area contributed by atoms with Gasteiger partial charge in [-0.2, -0.15) is 0 Å². The van der Waals surface area contributed by atoms with Crippen molar-refractivity contribution in [2.24, 2.45) is 5.92 Å². The number of benzene rings is 1. The van der Waals surface area contributed by atoms with E-state index >= 15 is 0 Å². The van der Waals surface area contributed by atoms with E-state index < -0.39 is 5.82 Å². The van der Waals surface area contributed by atoms with Crippen LogP contribution in [0.2, 0.25) is 0 Å². The van der Waals surface area contributed by atoms with E-state index in [1.165, 1.54) is 19.2 Å². The summed E-state index contributed by atoms with van der Waals surface area (Å²) in [6.45, 7) is 1.94. The Kier molecular flexibility index (Phi) is 3.29. The van der Waals surface area contributed by atoms with Crippen LogP contribution in [0.25, 0.3) is 0 Å². The van der Waals surface area contributed by atoms with Crippen molar-refractivity contribution in [2.75, 3.05) is 20.2 Å². The molecule has 0 aliphatic carbocycles. The molecule has 1 aliphatic rings. The highest BCUT2D eigenvalue weighted by atomic mass is 19.1. The quantitative estimate of drug-likeness (QED) is 0.822. The lowest BCUT2D eigenvalue weighted by Crippen LogP contribution is -2.11. The topological polar surface area (TPSA) is 41.5 Å². The number of hydrogen-bond donors (Lipinski definition) is 2. The maximum absolute atomic E-state index is 13.5. The van der Waals surface area contributed by atoms with E-state index in [2.05, 4.69) is 5.32 Å². The molecule has 0 bridgehead atoms. The molecule has 4 heteroatoms. The van der Waals surface area contributed by atoms with Crippen LogP contribution in [-0.2, 0) is 6.42 Å². The van der Waals surface area contributed by atoms with E-state index in [1.807, 2.05) is 0 Å². The third-order valence-corrected chi connectivity index (χ3v) is 3.02. The lowest BCUT2D eigenvalue weighted by molar-refractivity contribution is 0.378. The molecule has 0 saturated carbocycles. The SMILES string of the molecule is COc1cc(O)c(CC2CCNC2)cc1F. The molecular weight excluding hydrogens is 209 g/mol. The highest BCUT2D eigenvalue weighted by molar-refractivity contribution is 5.41. The van der Waals surface area contributed by atoms with Gasteiger partial charge in [0.1, 0.15) is 5.75 Å². The summed E-state index contributed by atoms with van der Waals surface area (Å²) in [6.07, 6.45) is 1.78. The van der Waals surface area contributed by atoms with Crippen molar-refractivity contribution >= 4 is 0 Å². The molecule has 1 saturated heterocycles. The maximum atomic E-state index is 13.5. The Morgan fingerprint density at radius 1 is 1.56 bits per heavy atom. The normalized spacial score (nSPS) is 20.0. The van der Waals surface area contributed by atoms with Gasteiger partial charge in [-0.05, 0) is 43.5 Å². The molecular formula is C12H16FNO2. The summed E-state index contributed by atoms with van der Waals surface area (Å²) in [5.41, 5.74) is 0.659. The fourth-order valence-electron chi connectivity index (χ4n) is 2.10. The average molecular weight is 225 g/mol. The van der Waals surface area contributed by atoms with Gasteiger partial charge in [-0.15, -0.1) is 0 Å². The smallest absolute Gasteiger partial charge is 0.165 e. The third-order valence-electron chi connectivity index (χ3n) is 3.02. The number of aromatic hydroxyl groups is 1. The molecule has 2 rings (SSSR count). The number of rotatable bonds is 3. The van der Waals surface area contributed by atoms with Crippen molar-refractivity contribution in [3.63, 3.8) is 0 Å². The Balaban J connectivity index is 2.17. The maximum Gasteiger partial charge on any atom is 0.165 e. The zero-order valence-electron chi connectivity index (χ0n) is 9.29. The second kappa shape index (κ2) is 4.70. The van der Waals surface area contributed by atoms with E-state index in [9.17, 15) is 9.50 Å². The number of phenolic OH excluding ortho intramolecular Hbond substituents is 1. The van der Waals surface area contributed by atoms with Crippen molar-refractivity contribution in [1.29, 1.82) is 0 Å². The standard InChI is InChI=1S/C12H16FNO2/c1-16-12-6-11(15)9(5-10(12)13)4-8-2-3-14-7-8/h5-6,8,14-15H,2-4,7H2,1H3. The van der Waals surface area contributed by atoms with Gasteiger partial charge in [-0.25, -0.2) is 4.39 Å². The fraction of sp³-hybridized carbons (Fsp3) is 0.500. The first kappa shape index (κ1) is 11.2. The first-order valence-corrected chi connectivity index (χ1v) is 5.47. The zero-order chi connectivity index (χ0) is 11.5. The molecule has 3 nitrogen and oxygen atoms in total. The van der Waals surface area contributed by atoms with Crippen molar-refractivity contribution in [3.8, 4) is 11.5 Å². The number of halogens is 1. The summed E-state index contributed by atoms with van der Waals surface area (Å²) >= 11 is 0. The highest BCUT2D eigenvalue weighted by Gasteiger charge is 2.18. The van der Waals surface area contributed by atoms with Crippen LogP contribution < -0.4 is 10.1 Å². The molecule has 1 aliphatic heterocycles. The zero-order valence-corrected chi connectivity index (χ0v) is 9.29. The lowest BCUT2D eigenvalue weighted by atomic mass is 9.98. The van der Waals surface area contributed by atoms with Gasteiger partial charge in [0.2, 0.25) is 0 Å². The number of methoxy groups -OCH3 is 1. The average Bonchev–Trinajstić information content (AvgIpc) is 2.75. The summed E-state index contributed by atoms with van der Waals surface area (Å²) < 4.78 is 18.3. The molecule has 1 aromatic carbocycles. The second-order valence-electron chi connectivity index (χ2n) is 4.18. The van der Waals surface area contributed by atoms with Gasteiger partial charge in [0.15, 0.2) is 11.6 Å². The van der Waals surface area contributed by atoms with E-state index in [-0.39, 0.29) is 11.5 Å². The molecule has 0 amide bonds. The minimum atomic E-state index is -0.416. The Labute approximate surface area is 94.2 Å². The monoisotopic (exact) mass is 225 g/mol. The van der Waals surface area contributed by atoms with Crippen molar-refractivity contribution in [2.45, 2.75) is 12.8 Å². The third kappa shape index (κ3) is 2.27. The predicted molar refractivity (Wildman–Crippen MR) is 59.3 cm³/mol. The van der Waals surface area contributed by atoms with Crippen molar-refractivity contribution in [3.05, 3.63) is 23.5 Å². The highest BCUT2D eigenvalue weighted by Crippen LogP contribution is 2.29. The van der Waals surface area contributed by atoms with Gasteiger partial charge in [-0.3, -0.25) is 0 Å². The first-order valence-electron chi connectivity index (χ1n) is 5.47. The van der Waals surface area contributed by atoms with Crippen molar-refractivity contribution < 1.29 is 14.2 Å². The Hall–Kier alpha value is -1.29. The largest absolute Gasteiger partial charge is 0.508 e. The van der Waals surface area contributed by atoms with Crippen LogP contribution in [0.3, 0.4) is 0 Å². The molecule has 0 radical (unpaired) electrons. The van der Waals surface area contributed by atoms with Gasteiger partial charge >= 0.3 is 0 Å². The van der Waals surface area contributed by atoms with Gasteiger partial charge in [-0.1, -0.05) is 0 Å². The molecule has 1 aromatic rings. The molecule has 1 atom stereocenters. The van der Waals surface area contributed by atoms with Crippen molar-refractivity contribution in [1.82, 2.24) is 5.32 Å². The van der Waals surface area contributed by atoms with Gasteiger partial charge < -0.3 is 15.2 Å². The summed E-state index contributed by atoms with van der Waals surface area (Å²) in [5.74, 6) is 0.274. The Morgan fingerprint density at radius 2 is 2.38 bits per heavy atom. The number of phenols is 1. The Bertz CT molecular complexity index is 376.